The summed E-state index contributed by atoms with van der Waals surface area (Å²) >= 11 is 12.1. The smallest absolute Gasteiger partial charge is 0.194 e. The van der Waals surface area contributed by atoms with Crippen LogP contribution in [0.2, 0.25) is 10.0 Å². The van der Waals surface area contributed by atoms with Crippen LogP contribution in [-0.2, 0) is 0 Å². The van der Waals surface area contributed by atoms with Crippen molar-refractivity contribution in [2.24, 2.45) is 0 Å². The summed E-state index contributed by atoms with van der Waals surface area (Å²) in [6.45, 7) is 5.81. The molecule has 3 heteroatoms. The first kappa shape index (κ1) is 14.1. The van der Waals surface area contributed by atoms with E-state index in [-0.39, 0.29) is 5.78 Å². The summed E-state index contributed by atoms with van der Waals surface area (Å²) in [6.07, 6.45) is 0. The minimum absolute atomic E-state index is 0.0673. The van der Waals surface area contributed by atoms with Crippen LogP contribution in [0, 0.1) is 20.8 Å². The molecular weight excluding hydrogens is 279 g/mol. The van der Waals surface area contributed by atoms with Gasteiger partial charge in [0.15, 0.2) is 5.78 Å². The van der Waals surface area contributed by atoms with E-state index in [1.165, 1.54) is 0 Å². The van der Waals surface area contributed by atoms with Crippen LogP contribution in [0.1, 0.15) is 32.6 Å². The summed E-state index contributed by atoms with van der Waals surface area (Å²) in [4.78, 5) is 12.5. The van der Waals surface area contributed by atoms with Crippen LogP contribution in [0.4, 0.5) is 0 Å². The lowest BCUT2D eigenvalue weighted by molar-refractivity contribution is 0.103. The summed E-state index contributed by atoms with van der Waals surface area (Å²) in [6, 6.07) is 8.91. The van der Waals surface area contributed by atoms with Gasteiger partial charge in [0.05, 0.1) is 5.02 Å². The van der Waals surface area contributed by atoms with E-state index in [0.29, 0.717) is 21.2 Å². The number of hydrogen-bond donors (Lipinski definition) is 0. The van der Waals surface area contributed by atoms with Crippen molar-refractivity contribution >= 4 is 29.0 Å². The van der Waals surface area contributed by atoms with Crippen LogP contribution in [-0.4, -0.2) is 5.78 Å². The van der Waals surface area contributed by atoms with Crippen LogP contribution in [0.25, 0.3) is 0 Å². The highest BCUT2D eigenvalue weighted by molar-refractivity contribution is 6.35. The van der Waals surface area contributed by atoms with Gasteiger partial charge in [-0.3, -0.25) is 4.79 Å². The van der Waals surface area contributed by atoms with Gasteiger partial charge in [0.1, 0.15) is 0 Å². The quantitative estimate of drug-likeness (QED) is 0.700. The fourth-order valence-corrected chi connectivity index (χ4v) is 2.51. The predicted octanol–water partition coefficient (Wildman–Crippen LogP) is 5.15. The van der Waals surface area contributed by atoms with Crippen LogP contribution < -0.4 is 0 Å². The van der Waals surface area contributed by atoms with Crippen LogP contribution in [0.3, 0.4) is 0 Å². The number of carbonyl (C=O) groups excluding carboxylic acids is 1. The van der Waals surface area contributed by atoms with Crippen molar-refractivity contribution in [2.45, 2.75) is 20.8 Å². The van der Waals surface area contributed by atoms with Gasteiger partial charge in [0.2, 0.25) is 0 Å². The Kier molecular flexibility index (Phi) is 3.98. The fourth-order valence-electron chi connectivity index (χ4n) is 1.98. The van der Waals surface area contributed by atoms with Gasteiger partial charge in [0.25, 0.3) is 0 Å². The largest absolute Gasteiger partial charge is 0.289 e. The van der Waals surface area contributed by atoms with E-state index in [4.69, 9.17) is 23.2 Å². The molecule has 0 bridgehead atoms. The van der Waals surface area contributed by atoms with Gasteiger partial charge in [-0.15, -0.1) is 0 Å². The first-order valence-electron chi connectivity index (χ1n) is 5.97. The minimum atomic E-state index is -0.0673. The highest BCUT2D eigenvalue weighted by Crippen LogP contribution is 2.25. The van der Waals surface area contributed by atoms with Crippen molar-refractivity contribution in [2.75, 3.05) is 0 Å². The zero-order valence-electron chi connectivity index (χ0n) is 11.1. The zero-order valence-corrected chi connectivity index (χ0v) is 12.6. The summed E-state index contributed by atoms with van der Waals surface area (Å²) < 4.78 is 0. The van der Waals surface area contributed by atoms with E-state index >= 15 is 0 Å². The van der Waals surface area contributed by atoms with E-state index in [1.807, 2.05) is 32.9 Å². The van der Waals surface area contributed by atoms with Crippen molar-refractivity contribution in [1.82, 2.24) is 0 Å². The number of rotatable bonds is 2. The summed E-state index contributed by atoms with van der Waals surface area (Å²) in [7, 11) is 0. The van der Waals surface area contributed by atoms with Gasteiger partial charge in [-0.05, 0) is 67.8 Å². The number of hydrogen-bond acceptors (Lipinski definition) is 1. The molecule has 0 amide bonds. The molecule has 0 unspecified atom stereocenters. The molecule has 0 heterocycles. The standard InChI is InChI=1S/C16H14Cl2O/c1-9-7-14(15(18)8-10(9)2)16(19)13-5-4-12(17)6-11(13)3/h4-8H,1-3H3. The Morgan fingerprint density at radius 1 is 0.842 bits per heavy atom. The molecule has 0 aliphatic heterocycles. The van der Waals surface area contributed by atoms with Crippen molar-refractivity contribution in [3.05, 3.63) is 68.2 Å². The number of aryl methyl sites for hydroxylation is 3. The Labute approximate surface area is 123 Å². The molecule has 2 aromatic rings. The topological polar surface area (TPSA) is 17.1 Å². The Balaban J connectivity index is 2.53. The molecule has 19 heavy (non-hydrogen) atoms. The number of carbonyl (C=O) groups is 1. The molecule has 0 aliphatic carbocycles. The minimum Gasteiger partial charge on any atom is -0.289 e. The number of ketones is 1. The molecule has 0 radical (unpaired) electrons. The maximum Gasteiger partial charge on any atom is 0.194 e. The third-order valence-electron chi connectivity index (χ3n) is 3.26. The Morgan fingerprint density at radius 2 is 1.47 bits per heavy atom. The van der Waals surface area contributed by atoms with Crippen LogP contribution in [0.15, 0.2) is 30.3 Å². The van der Waals surface area contributed by atoms with Gasteiger partial charge < -0.3 is 0 Å². The van der Waals surface area contributed by atoms with E-state index in [2.05, 4.69) is 0 Å². The molecule has 1 nitrogen and oxygen atoms in total. The molecule has 2 aromatic carbocycles. The lowest BCUT2D eigenvalue weighted by Crippen LogP contribution is -2.05. The average Bonchev–Trinajstić information content (AvgIpc) is 2.33. The molecular formula is C16H14Cl2O. The Morgan fingerprint density at radius 3 is 2.11 bits per heavy atom. The van der Waals surface area contributed by atoms with Gasteiger partial charge >= 0.3 is 0 Å². The van der Waals surface area contributed by atoms with Gasteiger partial charge in [0, 0.05) is 16.1 Å². The molecule has 0 fully saturated rings. The SMILES string of the molecule is Cc1cc(Cl)c(C(=O)c2ccc(Cl)cc2C)cc1C. The summed E-state index contributed by atoms with van der Waals surface area (Å²) in [5.74, 6) is -0.0673. The van der Waals surface area contributed by atoms with Gasteiger partial charge in [-0.1, -0.05) is 23.2 Å². The van der Waals surface area contributed by atoms with E-state index in [9.17, 15) is 4.79 Å². The van der Waals surface area contributed by atoms with Crippen LogP contribution in [0.5, 0.6) is 0 Å². The van der Waals surface area contributed by atoms with Crippen molar-refractivity contribution in [3.63, 3.8) is 0 Å². The monoisotopic (exact) mass is 292 g/mol. The van der Waals surface area contributed by atoms with E-state index in [1.54, 1.807) is 18.2 Å². The molecule has 0 N–H and O–H groups in total. The van der Waals surface area contributed by atoms with E-state index < -0.39 is 0 Å². The molecule has 0 spiro atoms. The molecule has 0 aromatic heterocycles. The highest BCUT2D eigenvalue weighted by Gasteiger charge is 2.16. The fraction of sp³-hybridized carbons (Fsp3) is 0.188. The van der Waals surface area contributed by atoms with Crippen molar-refractivity contribution in [3.8, 4) is 0 Å². The zero-order chi connectivity index (χ0) is 14.2. The molecule has 0 atom stereocenters. The molecule has 0 saturated carbocycles. The number of benzene rings is 2. The summed E-state index contributed by atoms with van der Waals surface area (Å²) in [5.41, 5.74) is 4.16. The van der Waals surface area contributed by atoms with Crippen LogP contribution >= 0.6 is 23.2 Å². The van der Waals surface area contributed by atoms with Crippen molar-refractivity contribution in [1.29, 1.82) is 0 Å². The average molecular weight is 293 g/mol. The highest BCUT2D eigenvalue weighted by atomic mass is 35.5. The Hall–Kier alpha value is -1.31. The molecule has 0 saturated heterocycles. The maximum absolute atomic E-state index is 12.5. The second kappa shape index (κ2) is 5.36. The number of halogens is 2. The molecule has 0 aliphatic rings. The summed E-state index contributed by atoms with van der Waals surface area (Å²) in [5, 5.41) is 1.11. The van der Waals surface area contributed by atoms with Gasteiger partial charge in [-0.25, -0.2) is 0 Å². The molecule has 2 rings (SSSR count). The Bertz CT molecular complexity index is 660. The lowest BCUT2D eigenvalue weighted by atomic mass is 9.96. The third kappa shape index (κ3) is 2.83. The second-order valence-electron chi connectivity index (χ2n) is 4.70. The second-order valence-corrected chi connectivity index (χ2v) is 5.55. The normalized spacial score (nSPS) is 10.6. The first-order valence-corrected chi connectivity index (χ1v) is 6.73. The van der Waals surface area contributed by atoms with Crippen molar-refractivity contribution < 1.29 is 4.79 Å². The van der Waals surface area contributed by atoms with Gasteiger partial charge in [-0.2, -0.15) is 0 Å². The first-order chi connectivity index (χ1) is 8.90. The molecule has 98 valence electrons. The maximum atomic E-state index is 12.5. The lowest BCUT2D eigenvalue weighted by Gasteiger charge is -2.09. The van der Waals surface area contributed by atoms with E-state index in [0.717, 1.165) is 16.7 Å². The predicted molar refractivity (Wildman–Crippen MR) is 80.5 cm³/mol. The third-order valence-corrected chi connectivity index (χ3v) is 3.81.